The third-order valence-corrected chi connectivity index (χ3v) is 0.465. The molecule has 56 valence electrons. The third kappa shape index (κ3) is 4.24. The van der Waals surface area contributed by atoms with E-state index >= 15 is 0 Å². The molecule has 0 aliphatic carbocycles. The first-order valence-electron chi connectivity index (χ1n) is 2.10. The maximum Gasteiger partial charge on any atom is 0.114 e. The third-order valence-electron chi connectivity index (χ3n) is 0.465. The van der Waals surface area contributed by atoms with E-state index in [1.807, 2.05) is 0 Å². The largest absolute Gasteiger partial charge is 0.581 e. The summed E-state index contributed by atoms with van der Waals surface area (Å²) in [5, 5.41) is 22.0. The first-order valence-corrected chi connectivity index (χ1v) is 2.10. The summed E-state index contributed by atoms with van der Waals surface area (Å²) in [4.78, 5) is 7.61. The van der Waals surface area contributed by atoms with Crippen LogP contribution in [0.3, 0.4) is 0 Å². The van der Waals surface area contributed by atoms with E-state index in [0.29, 0.717) is 0 Å². The van der Waals surface area contributed by atoms with Gasteiger partial charge in [0, 0.05) is 0 Å². The molecule has 0 amide bonds. The Morgan fingerprint density at radius 2 is 1.89 bits per heavy atom. The van der Waals surface area contributed by atoms with Gasteiger partial charge in [-0.25, -0.2) is 4.89 Å². The molecule has 0 aliphatic rings. The minimum atomic E-state index is -1.09. The second-order valence-electron chi connectivity index (χ2n) is 1.16. The van der Waals surface area contributed by atoms with Crippen molar-refractivity contribution in [3.63, 3.8) is 0 Å². The van der Waals surface area contributed by atoms with Gasteiger partial charge in [-0.15, -0.1) is 0 Å². The number of hydrogen-bond donors (Lipinski definition) is 2. The van der Waals surface area contributed by atoms with Crippen LogP contribution in [0.4, 0.5) is 0 Å². The van der Waals surface area contributed by atoms with Gasteiger partial charge in [-0.1, -0.05) is 0 Å². The molecule has 0 spiro atoms. The van der Waals surface area contributed by atoms with E-state index < -0.39 is 10.5 Å². The van der Waals surface area contributed by atoms with Crippen LogP contribution in [0, 0.1) is 10.4 Å². The van der Waals surface area contributed by atoms with E-state index in [4.69, 9.17) is 0 Å². The van der Waals surface area contributed by atoms with Crippen molar-refractivity contribution in [2.45, 2.75) is 0 Å². The Hall–Kier alpha value is -0.280. The molecule has 0 aromatic carbocycles. The summed E-state index contributed by atoms with van der Waals surface area (Å²) >= 11 is 0. The minimum Gasteiger partial charge on any atom is -0.581 e. The highest BCUT2D eigenvalue weighted by Gasteiger charge is 1.99. The molecule has 0 aromatic rings. The van der Waals surface area contributed by atoms with Crippen LogP contribution < -0.4 is 10.5 Å². The molecule has 0 radical (unpaired) electrons. The van der Waals surface area contributed by atoms with Crippen molar-refractivity contribution in [2.24, 2.45) is 0 Å². The molecule has 0 heterocycles. The lowest BCUT2D eigenvalue weighted by molar-refractivity contribution is -1.55. The molecule has 0 aliphatic heterocycles. The fraction of sp³-hybridized carbons (Fsp3) is 1.00. The van der Waals surface area contributed by atoms with Gasteiger partial charge in [-0.3, -0.25) is 0 Å². The van der Waals surface area contributed by atoms with Gasteiger partial charge < -0.3 is 10.4 Å². The fourth-order valence-electron chi connectivity index (χ4n) is 0.124. The van der Waals surface area contributed by atoms with Crippen LogP contribution in [0.2, 0.25) is 0 Å². The Balaban J connectivity index is 3.16. The minimum absolute atomic E-state index is 0.743. The van der Waals surface area contributed by atoms with Crippen LogP contribution in [-0.4, -0.2) is 14.2 Å². The highest BCUT2D eigenvalue weighted by molar-refractivity contribution is 3.84. The number of hydrogen-bond acceptors (Lipinski definition) is 5. The fourth-order valence-corrected chi connectivity index (χ4v) is 0.124. The van der Waals surface area contributed by atoms with Crippen molar-refractivity contribution in [2.75, 3.05) is 14.2 Å². The van der Waals surface area contributed by atoms with Gasteiger partial charge in [0.1, 0.15) is 7.05 Å². The Morgan fingerprint density at radius 1 is 1.33 bits per heavy atom. The number of rotatable bonds is 4. The van der Waals surface area contributed by atoms with Crippen molar-refractivity contribution < 1.29 is 25.4 Å². The van der Waals surface area contributed by atoms with Gasteiger partial charge in [-0.05, 0) is 10.4 Å². The first-order chi connectivity index (χ1) is 4.18. The molecule has 0 aromatic heterocycles. The zero-order chi connectivity index (χ0) is 7.28. The second kappa shape index (κ2) is 4.58. The predicted octanol–water partition coefficient (Wildman–Crippen LogP) is -3.28. The Morgan fingerprint density at radius 3 is 2.22 bits per heavy atom. The van der Waals surface area contributed by atoms with Crippen LogP contribution in [0.5, 0.6) is 0 Å². The Kier molecular flexibility index (Phi) is 4.44. The van der Waals surface area contributed by atoms with E-state index in [1.165, 1.54) is 0 Å². The van der Waals surface area contributed by atoms with Gasteiger partial charge in [0.2, 0.25) is 0 Å². The summed E-state index contributed by atoms with van der Waals surface area (Å²) < 4.78 is 0. The van der Waals surface area contributed by atoms with Gasteiger partial charge in [0.25, 0.3) is 0 Å². The molecule has 2 N–H and O–H groups in total. The second-order valence-corrected chi connectivity index (χ2v) is 1.16. The molecule has 0 saturated carbocycles. The Bertz CT molecular complexity index is 68.0. The lowest BCUT2D eigenvalue weighted by Gasteiger charge is -2.23. The number of quaternary nitrogens is 2. The average molecular weight is 140 g/mol. The van der Waals surface area contributed by atoms with E-state index in [2.05, 4.69) is 14.9 Å². The van der Waals surface area contributed by atoms with E-state index in [0.717, 1.165) is 14.2 Å². The van der Waals surface area contributed by atoms with Crippen molar-refractivity contribution in [3.05, 3.63) is 10.4 Å². The molecule has 0 rings (SSSR count). The number of nitrogens with one attached hydrogen (secondary N) is 2. The quantitative estimate of drug-likeness (QED) is 0.316. The normalized spacial score (nSPS) is 17.3. The standard InChI is InChI=1S/C2H8N2O5/c1-3(5)4(6)8-9-7-2/h3-4H,1-2H3. The summed E-state index contributed by atoms with van der Waals surface area (Å²) in [6.45, 7) is 0. The average Bonchev–Trinajstić information content (AvgIpc) is 1.82. The number of hydroxylamine groups is 1. The summed E-state index contributed by atoms with van der Waals surface area (Å²) in [7, 11) is 2.20. The van der Waals surface area contributed by atoms with Crippen LogP contribution in [0.15, 0.2) is 0 Å². The molecule has 0 fully saturated rings. The zero-order valence-electron chi connectivity index (χ0n) is 5.04. The van der Waals surface area contributed by atoms with Crippen LogP contribution >= 0.6 is 0 Å². The molecule has 7 heteroatoms. The molecular weight excluding hydrogens is 132 g/mol. The van der Waals surface area contributed by atoms with E-state index in [9.17, 15) is 10.4 Å². The van der Waals surface area contributed by atoms with Crippen molar-refractivity contribution in [1.82, 2.24) is 0 Å². The summed E-state index contributed by atoms with van der Waals surface area (Å²) in [6, 6.07) is 0. The highest BCUT2D eigenvalue weighted by Crippen LogP contribution is 1.61. The van der Waals surface area contributed by atoms with Gasteiger partial charge in [0.15, 0.2) is 0 Å². The Labute approximate surface area is 51.2 Å². The summed E-state index contributed by atoms with van der Waals surface area (Å²) in [5.41, 5.74) is 0. The summed E-state index contributed by atoms with van der Waals surface area (Å²) in [6.07, 6.45) is 0. The molecule has 2 unspecified atom stereocenters. The van der Waals surface area contributed by atoms with E-state index in [1.54, 1.807) is 0 Å². The maximum absolute atomic E-state index is 10.1. The van der Waals surface area contributed by atoms with Gasteiger partial charge >= 0.3 is 0 Å². The zero-order valence-corrected chi connectivity index (χ0v) is 5.04. The molecular formula is C2H8N2O5. The topological polar surface area (TPSA) is 82.7 Å². The van der Waals surface area contributed by atoms with Crippen LogP contribution in [-0.2, 0) is 14.9 Å². The van der Waals surface area contributed by atoms with Crippen LogP contribution in [0.25, 0.3) is 0 Å². The maximum atomic E-state index is 10.1. The summed E-state index contributed by atoms with van der Waals surface area (Å²) in [5.74, 6) is 0. The highest BCUT2D eigenvalue weighted by atomic mass is 17.6. The molecule has 7 nitrogen and oxygen atoms in total. The molecule has 2 atom stereocenters. The van der Waals surface area contributed by atoms with Crippen molar-refractivity contribution in [1.29, 1.82) is 0 Å². The smallest absolute Gasteiger partial charge is 0.114 e. The first kappa shape index (κ1) is 8.72. The van der Waals surface area contributed by atoms with Gasteiger partial charge in [-0.2, -0.15) is 5.17 Å². The molecule has 0 saturated heterocycles. The predicted molar refractivity (Wildman–Crippen MR) is 23.8 cm³/mol. The SMILES string of the molecule is COOO[NH+]([O-])[NH+](C)[O-]. The monoisotopic (exact) mass is 140 g/mol. The van der Waals surface area contributed by atoms with Crippen molar-refractivity contribution in [3.8, 4) is 0 Å². The molecule has 0 bridgehead atoms. The van der Waals surface area contributed by atoms with Gasteiger partial charge in [0.05, 0.1) is 12.1 Å². The van der Waals surface area contributed by atoms with Crippen molar-refractivity contribution >= 4 is 0 Å². The lowest BCUT2D eigenvalue weighted by atomic mass is 11.5. The molecule has 9 heavy (non-hydrogen) atoms. The lowest BCUT2D eigenvalue weighted by Crippen LogP contribution is -3.54. The van der Waals surface area contributed by atoms with E-state index in [-0.39, 0.29) is 0 Å². The van der Waals surface area contributed by atoms with Crippen LogP contribution in [0.1, 0.15) is 0 Å².